The largest absolute Gasteiger partial charge is 0.463 e. The van der Waals surface area contributed by atoms with E-state index < -0.39 is 5.97 Å². The summed E-state index contributed by atoms with van der Waals surface area (Å²) in [6, 6.07) is 2.21. The SMILES string of the molecule is COC(=O)c1nccc(NCC(C)N2CCCC2)n1. The van der Waals surface area contributed by atoms with Crippen LogP contribution in [0.3, 0.4) is 0 Å². The number of esters is 1. The van der Waals surface area contributed by atoms with E-state index in [0.717, 1.165) is 6.54 Å². The third-order valence-corrected chi connectivity index (χ3v) is 3.37. The van der Waals surface area contributed by atoms with Gasteiger partial charge in [0.2, 0.25) is 5.82 Å². The normalized spacial score (nSPS) is 17.2. The molecule has 1 aromatic heterocycles. The van der Waals surface area contributed by atoms with Crippen LogP contribution in [0.4, 0.5) is 5.82 Å². The van der Waals surface area contributed by atoms with Crippen molar-refractivity contribution in [2.75, 3.05) is 32.1 Å². The number of nitrogens with zero attached hydrogens (tertiary/aromatic N) is 3. The summed E-state index contributed by atoms with van der Waals surface area (Å²) in [5.41, 5.74) is 0. The van der Waals surface area contributed by atoms with Gasteiger partial charge in [-0.3, -0.25) is 4.90 Å². The van der Waals surface area contributed by atoms with Crippen LogP contribution < -0.4 is 5.32 Å². The second-order valence-electron chi connectivity index (χ2n) is 4.73. The number of nitrogens with one attached hydrogen (secondary N) is 1. The number of aromatic nitrogens is 2. The van der Waals surface area contributed by atoms with E-state index in [-0.39, 0.29) is 5.82 Å². The molecule has 2 heterocycles. The Balaban J connectivity index is 1.90. The van der Waals surface area contributed by atoms with E-state index in [0.29, 0.717) is 11.9 Å². The van der Waals surface area contributed by atoms with E-state index in [4.69, 9.17) is 0 Å². The van der Waals surface area contributed by atoms with Crippen LogP contribution in [0.15, 0.2) is 12.3 Å². The molecule has 1 fully saturated rings. The standard InChI is InChI=1S/C13H20N4O2/c1-10(17-7-3-4-8-17)9-15-11-5-6-14-12(16-11)13(18)19-2/h5-6,10H,3-4,7-9H2,1-2H3,(H,14,15,16). The first kappa shape index (κ1) is 13.7. The van der Waals surface area contributed by atoms with Gasteiger partial charge in [0.15, 0.2) is 0 Å². The molecule has 6 heteroatoms. The number of hydrogen-bond donors (Lipinski definition) is 1. The predicted molar refractivity (Wildman–Crippen MR) is 72.1 cm³/mol. The van der Waals surface area contributed by atoms with Crippen molar-refractivity contribution in [3.63, 3.8) is 0 Å². The average Bonchev–Trinajstić information content (AvgIpc) is 2.98. The van der Waals surface area contributed by atoms with Gasteiger partial charge in [0.25, 0.3) is 0 Å². The highest BCUT2D eigenvalue weighted by Crippen LogP contribution is 2.12. The molecule has 1 unspecified atom stereocenters. The third-order valence-electron chi connectivity index (χ3n) is 3.37. The van der Waals surface area contributed by atoms with Gasteiger partial charge in [0, 0.05) is 18.8 Å². The van der Waals surface area contributed by atoms with Crippen LogP contribution in [0.5, 0.6) is 0 Å². The molecule has 6 nitrogen and oxygen atoms in total. The van der Waals surface area contributed by atoms with Gasteiger partial charge < -0.3 is 10.1 Å². The molecule has 0 spiro atoms. The lowest BCUT2D eigenvalue weighted by Crippen LogP contribution is -2.35. The minimum Gasteiger partial charge on any atom is -0.463 e. The lowest BCUT2D eigenvalue weighted by atomic mass is 10.3. The summed E-state index contributed by atoms with van der Waals surface area (Å²) in [7, 11) is 1.32. The summed E-state index contributed by atoms with van der Waals surface area (Å²) in [6.07, 6.45) is 4.12. The number of methoxy groups -OCH3 is 1. The number of carbonyl (C=O) groups excluding carboxylic acids is 1. The monoisotopic (exact) mass is 264 g/mol. The molecule has 19 heavy (non-hydrogen) atoms. The van der Waals surface area contributed by atoms with Crippen LogP contribution in [-0.4, -0.2) is 53.6 Å². The van der Waals surface area contributed by atoms with Crippen molar-refractivity contribution in [3.05, 3.63) is 18.1 Å². The first-order chi connectivity index (χ1) is 9.20. The molecule has 0 aromatic carbocycles. The summed E-state index contributed by atoms with van der Waals surface area (Å²) >= 11 is 0. The summed E-state index contributed by atoms with van der Waals surface area (Å²) < 4.78 is 4.60. The minimum absolute atomic E-state index is 0.0846. The number of hydrogen-bond acceptors (Lipinski definition) is 6. The van der Waals surface area contributed by atoms with Crippen LogP contribution in [0.2, 0.25) is 0 Å². The molecule has 0 radical (unpaired) electrons. The highest BCUT2D eigenvalue weighted by atomic mass is 16.5. The second kappa shape index (κ2) is 6.47. The van der Waals surface area contributed by atoms with Crippen molar-refractivity contribution in [3.8, 4) is 0 Å². The number of ether oxygens (including phenoxy) is 1. The van der Waals surface area contributed by atoms with Crippen molar-refractivity contribution in [1.82, 2.24) is 14.9 Å². The molecule has 1 aliphatic rings. The van der Waals surface area contributed by atoms with Crippen LogP contribution in [0.25, 0.3) is 0 Å². The van der Waals surface area contributed by atoms with Crippen molar-refractivity contribution in [2.24, 2.45) is 0 Å². The zero-order valence-electron chi connectivity index (χ0n) is 11.4. The Kier molecular flexibility index (Phi) is 4.68. The Morgan fingerprint density at radius 2 is 2.26 bits per heavy atom. The quantitative estimate of drug-likeness (QED) is 0.805. The molecule has 0 aliphatic carbocycles. The first-order valence-corrected chi connectivity index (χ1v) is 6.60. The van der Waals surface area contributed by atoms with Crippen molar-refractivity contribution >= 4 is 11.8 Å². The Labute approximate surface area is 113 Å². The van der Waals surface area contributed by atoms with Crippen molar-refractivity contribution in [1.29, 1.82) is 0 Å². The minimum atomic E-state index is -0.517. The lowest BCUT2D eigenvalue weighted by Gasteiger charge is -2.24. The van der Waals surface area contributed by atoms with Crippen molar-refractivity contribution in [2.45, 2.75) is 25.8 Å². The molecule has 1 N–H and O–H groups in total. The van der Waals surface area contributed by atoms with Gasteiger partial charge in [-0.25, -0.2) is 14.8 Å². The number of rotatable bonds is 5. The van der Waals surface area contributed by atoms with Gasteiger partial charge in [-0.1, -0.05) is 0 Å². The molecule has 0 saturated carbocycles. The van der Waals surface area contributed by atoms with Gasteiger partial charge in [-0.2, -0.15) is 0 Å². The van der Waals surface area contributed by atoms with Gasteiger partial charge in [0.1, 0.15) is 5.82 Å². The number of likely N-dealkylation sites (tertiary alicyclic amines) is 1. The van der Waals surface area contributed by atoms with Crippen LogP contribution in [0.1, 0.15) is 30.4 Å². The van der Waals surface area contributed by atoms with E-state index in [2.05, 4.69) is 31.8 Å². The van der Waals surface area contributed by atoms with Crippen LogP contribution in [-0.2, 0) is 4.74 Å². The van der Waals surface area contributed by atoms with E-state index in [1.807, 2.05) is 0 Å². The van der Waals surface area contributed by atoms with Gasteiger partial charge in [0.05, 0.1) is 7.11 Å². The highest BCUT2D eigenvalue weighted by molar-refractivity contribution is 5.85. The van der Waals surface area contributed by atoms with Crippen LogP contribution in [0, 0.1) is 0 Å². The number of anilines is 1. The van der Waals surface area contributed by atoms with E-state index >= 15 is 0 Å². The molecule has 1 aromatic rings. The predicted octanol–water partition coefficient (Wildman–Crippen LogP) is 1.16. The third kappa shape index (κ3) is 3.64. The summed E-state index contributed by atoms with van der Waals surface area (Å²) in [5.74, 6) is 0.221. The highest BCUT2D eigenvalue weighted by Gasteiger charge is 2.18. The molecule has 2 rings (SSSR count). The zero-order valence-corrected chi connectivity index (χ0v) is 11.4. The maximum absolute atomic E-state index is 11.3. The number of carbonyl (C=O) groups is 1. The smallest absolute Gasteiger partial charge is 0.376 e. The first-order valence-electron chi connectivity index (χ1n) is 6.60. The maximum atomic E-state index is 11.3. The summed E-state index contributed by atoms with van der Waals surface area (Å²) in [5, 5.41) is 3.24. The molecule has 1 aliphatic heterocycles. The van der Waals surface area contributed by atoms with E-state index in [1.54, 1.807) is 12.3 Å². The average molecular weight is 264 g/mol. The topological polar surface area (TPSA) is 67.3 Å². The molecule has 104 valence electrons. The Bertz CT molecular complexity index is 432. The van der Waals surface area contributed by atoms with Gasteiger partial charge in [-0.15, -0.1) is 0 Å². The molecule has 0 bridgehead atoms. The molecule has 0 amide bonds. The lowest BCUT2D eigenvalue weighted by molar-refractivity contribution is 0.0587. The molecular weight excluding hydrogens is 244 g/mol. The van der Waals surface area contributed by atoms with E-state index in [1.165, 1.54) is 33.0 Å². The fourth-order valence-electron chi connectivity index (χ4n) is 2.21. The van der Waals surface area contributed by atoms with Gasteiger partial charge in [-0.05, 0) is 38.9 Å². The fraction of sp³-hybridized carbons (Fsp3) is 0.615. The Morgan fingerprint density at radius 1 is 1.53 bits per heavy atom. The summed E-state index contributed by atoms with van der Waals surface area (Å²) in [4.78, 5) is 21.8. The molecule has 1 atom stereocenters. The van der Waals surface area contributed by atoms with Gasteiger partial charge >= 0.3 is 5.97 Å². The Morgan fingerprint density at radius 3 is 2.95 bits per heavy atom. The fourth-order valence-corrected chi connectivity index (χ4v) is 2.21. The second-order valence-corrected chi connectivity index (χ2v) is 4.73. The molecule has 1 saturated heterocycles. The van der Waals surface area contributed by atoms with Crippen molar-refractivity contribution < 1.29 is 9.53 Å². The van der Waals surface area contributed by atoms with E-state index in [9.17, 15) is 4.79 Å². The summed E-state index contributed by atoms with van der Waals surface area (Å²) in [6.45, 7) is 5.33. The Hall–Kier alpha value is -1.69. The van der Waals surface area contributed by atoms with Crippen LogP contribution >= 0.6 is 0 Å². The maximum Gasteiger partial charge on any atom is 0.376 e. The molecular formula is C13H20N4O2. The zero-order chi connectivity index (χ0) is 13.7.